The summed E-state index contributed by atoms with van der Waals surface area (Å²) in [7, 11) is -4.43. The zero-order valence-corrected chi connectivity index (χ0v) is 14.0. The molecule has 0 fully saturated rings. The average molecular weight is 330 g/mol. The van der Waals surface area contributed by atoms with Gasteiger partial charge in [-0.15, -0.1) is 0 Å². The number of benzene rings is 1. The lowest BCUT2D eigenvalue weighted by atomic mass is 10.0. The van der Waals surface area contributed by atoms with Crippen LogP contribution in [0.1, 0.15) is 24.5 Å². The lowest BCUT2D eigenvalue weighted by Gasteiger charge is -2.20. The minimum atomic E-state index is -3.50. The van der Waals surface area contributed by atoms with E-state index in [2.05, 4.69) is 10.0 Å². The summed E-state index contributed by atoms with van der Waals surface area (Å²) in [6.45, 7) is 3.68. The molecular formula is C14H22N2O3S2. The quantitative estimate of drug-likeness (QED) is 0.808. The zero-order chi connectivity index (χ0) is 15.5. The number of rotatable bonds is 6. The van der Waals surface area contributed by atoms with Crippen molar-refractivity contribution in [3.05, 3.63) is 29.3 Å². The van der Waals surface area contributed by atoms with Crippen molar-refractivity contribution in [1.29, 1.82) is 0 Å². The highest BCUT2D eigenvalue weighted by atomic mass is 32.2. The number of nitrogens with one attached hydrogen (secondary N) is 2. The van der Waals surface area contributed by atoms with Crippen LogP contribution in [-0.2, 0) is 33.8 Å². The van der Waals surface area contributed by atoms with Gasteiger partial charge in [-0.05, 0) is 36.6 Å². The predicted molar refractivity (Wildman–Crippen MR) is 85.2 cm³/mol. The fraction of sp³-hybridized carbons (Fsp3) is 0.571. The Hall–Kier alpha value is -0.760. The van der Waals surface area contributed by atoms with Crippen LogP contribution >= 0.6 is 0 Å². The first kappa shape index (κ1) is 16.6. The fourth-order valence-corrected chi connectivity index (χ4v) is 4.20. The van der Waals surface area contributed by atoms with Crippen LogP contribution in [0.2, 0.25) is 0 Å². The summed E-state index contributed by atoms with van der Waals surface area (Å²) in [5.41, 5.74) is 1.96. The highest BCUT2D eigenvalue weighted by Crippen LogP contribution is 2.22. The van der Waals surface area contributed by atoms with Crippen molar-refractivity contribution in [3.63, 3.8) is 0 Å². The van der Waals surface area contributed by atoms with E-state index in [1.807, 2.05) is 13.0 Å². The fourth-order valence-electron chi connectivity index (χ4n) is 2.39. The second-order valence-electron chi connectivity index (χ2n) is 5.32. The van der Waals surface area contributed by atoms with Crippen molar-refractivity contribution in [1.82, 2.24) is 10.0 Å². The van der Waals surface area contributed by atoms with Gasteiger partial charge in [0.05, 0.1) is 4.90 Å². The minimum Gasteiger partial charge on any atom is -0.312 e. The summed E-state index contributed by atoms with van der Waals surface area (Å²) in [6, 6.07) is 5.40. The Kier molecular flexibility index (Phi) is 5.54. The van der Waals surface area contributed by atoms with E-state index in [-0.39, 0.29) is 5.25 Å². The highest BCUT2D eigenvalue weighted by Gasteiger charge is 2.22. The zero-order valence-electron chi connectivity index (χ0n) is 12.4. The minimum absolute atomic E-state index is 0.0124. The van der Waals surface area contributed by atoms with Crippen molar-refractivity contribution in [2.45, 2.75) is 36.5 Å². The molecule has 2 unspecified atom stereocenters. The van der Waals surface area contributed by atoms with E-state index in [0.717, 1.165) is 24.1 Å². The van der Waals surface area contributed by atoms with Crippen LogP contribution in [0.25, 0.3) is 0 Å². The molecule has 1 heterocycles. The van der Waals surface area contributed by atoms with E-state index in [0.29, 0.717) is 24.4 Å². The van der Waals surface area contributed by atoms with Crippen molar-refractivity contribution >= 4 is 20.8 Å². The summed E-state index contributed by atoms with van der Waals surface area (Å²) in [4.78, 5) is 0.381. The first-order valence-electron chi connectivity index (χ1n) is 7.05. The summed E-state index contributed by atoms with van der Waals surface area (Å²) < 4.78 is 38.8. The third-order valence-corrected chi connectivity index (χ3v) is 6.71. The molecule has 1 aromatic rings. The molecule has 0 spiro atoms. The predicted octanol–water partition coefficient (Wildman–Crippen LogP) is 0.768. The monoisotopic (exact) mass is 330 g/mol. The highest BCUT2D eigenvalue weighted by molar-refractivity contribution is 7.89. The SMILES string of the molecule is CC(CCNS(=O)(=O)c1cccc2c1CCNC2)S(C)=O. The molecule has 0 bridgehead atoms. The van der Waals surface area contributed by atoms with E-state index < -0.39 is 20.8 Å². The summed E-state index contributed by atoms with van der Waals surface area (Å²) in [6.07, 6.45) is 2.93. The van der Waals surface area contributed by atoms with Crippen LogP contribution in [0.15, 0.2) is 23.1 Å². The van der Waals surface area contributed by atoms with Crippen LogP contribution in [0, 0.1) is 0 Å². The van der Waals surface area contributed by atoms with Gasteiger partial charge in [0.1, 0.15) is 0 Å². The molecule has 0 aliphatic carbocycles. The molecule has 21 heavy (non-hydrogen) atoms. The molecule has 0 amide bonds. The lowest BCUT2D eigenvalue weighted by molar-refractivity contribution is 0.572. The topological polar surface area (TPSA) is 75.3 Å². The molecule has 7 heteroatoms. The normalized spacial score (nSPS) is 18.0. The third kappa shape index (κ3) is 4.12. The van der Waals surface area contributed by atoms with Crippen molar-refractivity contribution in [3.8, 4) is 0 Å². The summed E-state index contributed by atoms with van der Waals surface area (Å²) in [5.74, 6) is 0. The van der Waals surface area contributed by atoms with Crippen LogP contribution in [0.5, 0.6) is 0 Å². The Morgan fingerprint density at radius 2 is 2.19 bits per heavy atom. The van der Waals surface area contributed by atoms with E-state index in [1.165, 1.54) is 0 Å². The van der Waals surface area contributed by atoms with E-state index in [1.54, 1.807) is 18.4 Å². The third-order valence-electron chi connectivity index (χ3n) is 3.80. The first-order chi connectivity index (χ1) is 9.92. The molecule has 2 atom stereocenters. The maximum absolute atomic E-state index is 12.4. The van der Waals surface area contributed by atoms with Crippen LogP contribution in [0.3, 0.4) is 0 Å². The second kappa shape index (κ2) is 7.00. The molecule has 1 aliphatic rings. The van der Waals surface area contributed by atoms with E-state index in [9.17, 15) is 12.6 Å². The van der Waals surface area contributed by atoms with Gasteiger partial charge in [0, 0.05) is 35.4 Å². The molecule has 2 rings (SSSR count). The van der Waals surface area contributed by atoms with E-state index in [4.69, 9.17) is 0 Å². The van der Waals surface area contributed by atoms with Crippen molar-refractivity contribution in [2.24, 2.45) is 0 Å². The number of hydrogen-bond acceptors (Lipinski definition) is 4. The van der Waals surface area contributed by atoms with Gasteiger partial charge in [-0.2, -0.15) is 0 Å². The van der Waals surface area contributed by atoms with Gasteiger partial charge in [-0.1, -0.05) is 19.1 Å². The van der Waals surface area contributed by atoms with Crippen molar-refractivity contribution in [2.75, 3.05) is 19.3 Å². The Morgan fingerprint density at radius 1 is 1.43 bits per heavy atom. The van der Waals surface area contributed by atoms with Gasteiger partial charge < -0.3 is 5.32 Å². The van der Waals surface area contributed by atoms with Gasteiger partial charge >= 0.3 is 0 Å². The molecule has 118 valence electrons. The maximum atomic E-state index is 12.4. The molecule has 5 nitrogen and oxygen atoms in total. The van der Waals surface area contributed by atoms with Gasteiger partial charge in [-0.25, -0.2) is 13.1 Å². The summed E-state index contributed by atoms with van der Waals surface area (Å²) >= 11 is 0. The lowest BCUT2D eigenvalue weighted by Crippen LogP contribution is -2.31. The molecule has 0 saturated heterocycles. The Labute approximate surface area is 129 Å². The number of hydrogen-bond donors (Lipinski definition) is 2. The molecule has 0 saturated carbocycles. The Balaban J connectivity index is 2.11. The van der Waals surface area contributed by atoms with Gasteiger partial charge in [0.2, 0.25) is 10.0 Å². The smallest absolute Gasteiger partial charge is 0.240 e. The Bertz CT molecular complexity index is 629. The Morgan fingerprint density at radius 3 is 2.90 bits per heavy atom. The van der Waals surface area contributed by atoms with Crippen LogP contribution in [0.4, 0.5) is 0 Å². The largest absolute Gasteiger partial charge is 0.312 e. The molecule has 2 N–H and O–H groups in total. The summed E-state index contributed by atoms with van der Waals surface area (Å²) in [5, 5.41) is 3.23. The standard InChI is InChI=1S/C14H22N2O3S2/c1-11(20(2)17)6-9-16-21(18,19)14-5-3-4-12-10-15-8-7-13(12)14/h3-5,11,15-16H,6-10H2,1-2H3. The molecular weight excluding hydrogens is 308 g/mol. The van der Waals surface area contributed by atoms with Crippen LogP contribution in [-0.4, -0.2) is 37.2 Å². The van der Waals surface area contributed by atoms with Gasteiger partial charge in [0.25, 0.3) is 0 Å². The molecule has 0 radical (unpaired) electrons. The molecule has 1 aliphatic heterocycles. The molecule has 0 aromatic heterocycles. The van der Waals surface area contributed by atoms with Gasteiger partial charge in [0.15, 0.2) is 0 Å². The first-order valence-corrected chi connectivity index (χ1v) is 10.2. The number of sulfonamides is 1. The second-order valence-corrected chi connectivity index (χ2v) is 8.85. The molecule has 1 aromatic carbocycles. The maximum Gasteiger partial charge on any atom is 0.240 e. The van der Waals surface area contributed by atoms with Gasteiger partial charge in [-0.3, -0.25) is 4.21 Å². The van der Waals surface area contributed by atoms with Crippen LogP contribution < -0.4 is 10.0 Å². The van der Waals surface area contributed by atoms with E-state index >= 15 is 0 Å². The van der Waals surface area contributed by atoms with Crippen molar-refractivity contribution < 1.29 is 12.6 Å². The number of fused-ring (bicyclic) bond motifs is 1. The average Bonchev–Trinajstić information content (AvgIpc) is 2.46.